The third kappa shape index (κ3) is 3.57. The second-order valence-electron chi connectivity index (χ2n) is 7.75. The van der Waals surface area contributed by atoms with Gasteiger partial charge in [0, 0.05) is 36.0 Å². The van der Waals surface area contributed by atoms with Crippen LogP contribution in [0.15, 0.2) is 35.3 Å². The van der Waals surface area contributed by atoms with Crippen molar-refractivity contribution >= 4 is 21.8 Å². The van der Waals surface area contributed by atoms with Crippen LogP contribution >= 0.6 is 0 Å². The Morgan fingerprint density at radius 3 is 2.50 bits per heavy atom. The fourth-order valence-electron chi connectivity index (χ4n) is 4.10. The predicted octanol–water partition coefficient (Wildman–Crippen LogP) is 2.58. The van der Waals surface area contributed by atoms with Crippen LogP contribution in [0.1, 0.15) is 11.1 Å². The molecule has 5 rings (SSSR count). The summed E-state index contributed by atoms with van der Waals surface area (Å²) in [7, 11) is -5.92. The van der Waals surface area contributed by atoms with E-state index in [1.807, 2.05) is 4.90 Å². The summed E-state index contributed by atoms with van der Waals surface area (Å²) in [5.74, 6) is -1.44. The lowest BCUT2D eigenvalue weighted by molar-refractivity contribution is -0.0500. The van der Waals surface area contributed by atoms with Crippen molar-refractivity contribution in [3.05, 3.63) is 47.3 Å². The highest BCUT2D eigenvalue weighted by Gasteiger charge is 2.50. The van der Waals surface area contributed by atoms with E-state index in [0.29, 0.717) is 32.0 Å². The highest BCUT2D eigenvalue weighted by Crippen LogP contribution is 2.53. The molecule has 3 aliphatic heterocycles. The number of alkyl halides is 3. The lowest BCUT2D eigenvalue weighted by Crippen LogP contribution is -2.37. The lowest BCUT2D eigenvalue weighted by atomic mass is 9.81. The fourth-order valence-corrected chi connectivity index (χ4v) is 4.55. The minimum Gasteiger partial charge on any atom is -0.462 e. The molecule has 3 heterocycles. The number of aliphatic imine (C=N–C) groups is 1. The van der Waals surface area contributed by atoms with Crippen molar-refractivity contribution in [2.45, 2.75) is 11.0 Å². The largest absolute Gasteiger partial charge is 0.534 e. The molecule has 2 N–H and O–H groups in total. The Morgan fingerprint density at radius 1 is 1.12 bits per heavy atom. The molecule has 0 amide bonds. The summed E-state index contributed by atoms with van der Waals surface area (Å²) < 4.78 is 97.3. The lowest BCUT2D eigenvalue weighted by Gasteiger charge is -2.36. The maximum Gasteiger partial charge on any atom is 0.534 e. The van der Waals surface area contributed by atoms with Crippen molar-refractivity contribution in [2.24, 2.45) is 10.7 Å². The van der Waals surface area contributed by atoms with E-state index in [0.717, 1.165) is 12.1 Å². The highest BCUT2D eigenvalue weighted by atomic mass is 32.2. The van der Waals surface area contributed by atoms with Gasteiger partial charge in [-0.2, -0.15) is 21.6 Å². The zero-order valence-electron chi connectivity index (χ0n) is 17.3. The van der Waals surface area contributed by atoms with Gasteiger partial charge in [-0.1, -0.05) is 0 Å². The van der Waals surface area contributed by atoms with Crippen LogP contribution in [0.25, 0.3) is 0 Å². The first kappa shape index (κ1) is 22.5. The van der Waals surface area contributed by atoms with Gasteiger partial charge < -0.3 is 29.0 Å². The molecule has 1 atom stereocenters. The number of fused-ring (bicyclic) bond motifs is 4. The summed E-state index contributed by atoms with van der Waals surface area (Å²) in [5.41, 5.74) is -0.530. The van der Waals surface area contributed by atoms with Gasteiger partial charge in [0.25, 0.3) is 6.02 Å². The van der Waals surface area contributed by atoms with Crippen LogP contribution < -0.4 is 19.6 Å². The van der Waals surface area contributed by atoms with Crippen LogP contribution in [-0.2, 0) is 25.1 Å². The Hall–Kier alpha value is -3.26. The molecule has 0 radical (unpaired) electrons. The smallest absolute Gasteiger partial charge is 0.462 e. The van der Waals surface area contributed by atoms with Gasteiger partial charge in [-0.3, -0.25) is 0 Å². The summed E-state index contributed by atoms with van der Waals surface area (Å²) in [4.78, 5) is 6.23. The first-order chi connectivity index (χ1) is 16.0. The van der Waals surface area contributed by atoms with E-state index in [2.05, 4.69) is 9.18 Å². The van der Waals surface area contributed by atoms with Crippen LogP contribution in [0.2, 0.25) is 0 Å². The third-order valence-corrected chi connectivity index (χ3v) is 6.66. The van der Waals surface area contributed by atoms with E-state index in [9.17, 15) is 21.6 Å². The molecular weight excluding hydrogens is 486 g/mol. The number of benzene rings is 2. The Morgan fingerprint density at radius 2 is 1.85 bits per heavy atom. The van der Waals surface area contributed by atoms with Gasteiger partial charge >= 0.3 is 15.6 Å². The van der Waals surface area contributed by atoms with Crippen LogP contribution in [0.4, 0.5) is 23.2 Å². The molecule has 1 spiro atoms. The Balaban J connectivity index is 1.64. The number of halogens is 4. The van der Waals surface area contributed by atoms with Crippen LogP contribution in [-0.4, -0.2) is 52.9 Å². The summed E-state index contributed by atoms with van der Waals surface area (Å²) in [6.45, 7) is 1.71. The summed E-state index contributed by atoms with van der Waals surface area (Å²) in [6.07, 6.45) is 0. The van der Waals surface area contributed by atoms with Gasteiger partial charge in [0.2, 0.25) is 0 Å². The fraction of sp³-hybridized carbons (Fsp3) is 0.350. The number of hydrogen-bond acceptors (Lipinski definition) is 9. The SMILES string of the molecule is NC1=NC2(CO1)c1cc(OS(=O)(=O)C(F)(F)F)ccc1Oc1c(F)cc(N3CCOCC3)cc12. The maximum absolute atomic E-state index is 15.2. The van der Waals surface area contributed by atoms with Crippen molar-refractivity contribution in [3.8, 4) is 17.2 Å². The quantitative estimate of drug-likeness (QED) is 0.387. The summed E-state index contributed by atoms with van der Waals surface area (Å²) >= 11 is 0. The van der Waals surface area contributed by atoms with Crippen molar-refractivity contribution in [1.82, 2.24) is 0 Å². The van der Waals surface area contributed by atoms with Crippen LogP contribution in [0.5, 0.6) is 17.2 Å². The number of rotatable bonds is 3. The van der Waals surface area contributed by atoms with Gasteiger partial charge in [0.15, 0.2) is 17.1 Å². The van der Waals surface area contributed by atoms with E-state index in [4.69, 9.17) is 19.9 Å². The molecule has 3 aliphatic rings. The topological polar surface area (TPSA) is 113 Å². The minimum absolute atomic E-state index is 0.0318. The molecule has 0 bridgehead atoms. The van der Waals surface area contributed by atoms with E-state index in [1.165, 1.54) is 12.1 Å². The van der Waals surface area contributed by atoms with E-state index < -0.39 is 32.7 Å². The Kier molecular flexibility index (Phi) is 5.06. The minimum atomic E-state index is -5.92. The molecule has 0 aromatic heterocycles. The second-order valence-corrected chi connectivity index (χ2v) is 9.28. The molecule has 14 heteroatoms. The normalized spacial score (nSPS) is 21.9. The average molecular weight is 503 g/mol. The highest BCUT2D eigenvalue weighted by molar-refractivity contribution is 7.88. The summed E-state index contributed by atoms with van der Waals surface area (Å²) in [6, 6.07) is 5.87. The summed E-state index contributed by atoms with van der Waals surface area (Å²) in [5, 5.41) is 0. The van der Waals surface area contributed by atoms with Gasteiger partial charge in [-0.15, -0.1) is 0 Å². The van der Waals surface area contributed by atoms with Crippen molar-refractivity contribution in [1.29, 1.82) is 0 Å². The number of hydrogen-bond donors (Lipinski definition) is 1. The van der Waals surface area contributed by atoms with Crippen molar-refractivity contribution in [3.63, 3.8) is 0 Å². The Labute approximate surface area is 190 Å². The van der Waals surface area contributed by atoms with Crippen LogP contribution in [0, 0.1) is 5.82 Å². The standard InChI is InChI=1S/C20H17F4N3O6S/c21-15-8-11(27-3-5-30-6-4-27)7-14-17(15)32-16-2-1-12(33-34(28,29)20(22,23)24)9-13(16)19(14)10-31-18(25)26-19/h1-2,7-9H,3-6,10H2,(H2,25,26). The molecule has 9 nitrogen and oxygen atoms in total. The predicted molar refractivity (Wildman–Crippen MR) is 110 cm³/mol. The molecule has 1 unspecified atom stereocenters. The molecule has 1 fully saturated rings. The molecule has 34 heavy (non-hydrogen) atoms. The average Bonchev–Trinajstić information content (AvgIpc) is 3.17. The zero-order chi connectivity index (χ0) is 24.3. The van der Waals surface area contributed by atoms with Crippen molar-refractivity contribution in [2.75, 3.05) is 37.8 Å². The molecule has 0 aliphatic carbocycles. The van der Waals surface area contributed by atoms with Gasteiger partial charge in [0.1, 0.15) is 18.1 Å². The molecule has 182 valence electrons. The van der Waals surface area contributed by atoms with Gasteiger partial charge in [0.05, 0.1) is 13.2 Å². The van der Waals surface area contributed by atoms with Crippen LogP contribution in [0.3, 0.4) is 0 Å². The first-order valence-corrected chi connectivity index (χ1v) is 11.4. The van der Waals surface area contributed by atoms with E-state index in [-0.39, 0.29) is 35.3 Å². The molecule has 1 saturated heterocycles. The second kappa shape index (κ2) is 7.63. The maximum atomic E-state index is 15.2. The number of anilines is 1. The zero-order valence-corrected chi connectivity index (χ0v) is 18.1. The van der Waals surface area contributed by atoms with E-state index >= 15 is 4.39 Å². The van der Waals surface area contributed by atoms with Crippen molar-refractivity contribution < 1.29 is 44.4 Å². The number of morpholine rings is 1. The molecule has 0 saturated carbocycles. The van der Waals surface area contributed by atoms with Gasteiger partial charge in [-0.25, -0.2) is 9.38 Å². The monoisotopic (exact) mass is 503 g/mol. The number of ether oxygens (including phenoxy) is 3. The number of amidine groups is 1. The Bertz CT molecular complexity index is 1290. The number of nitrogens with zero attached hydrogens (tertiary/aromatic N) is 2. The molecule has 2 aromatic rings. The number of nitrogens with two attached hydrogens (primary N) is 1. The first-order valence-electron chi connectivity index (χ1n) is 9.98. The van der Waals surface area contributed by atoms with Gasteiger partial charge in [-0.05, 0) is 24.3 Å². The third-order valence-electron chi connectivity index (χ3n) is 5.68. The molecule has 2 aromatic carbocycles. The molecular formula is C20H17F4N3O6S. The van der Waals surface area contributed by atoms with E-state index in [1.54, 1.807) is 6.07 Å².